The molecule has 0 aliphatic carbocycles. The Hall–Kier alpha value is -1.97. The van der Waals surface area contributed by atoms with Gasteiger partial charge in [-0.05, 0) is 43.7 Å². The number of aromatic nitrogens is 1. The zero-order valence-electron chi connectivity index (χ0n) is 10.2. The van der Waals surface area contributed by atoms with E-state index < -0.39 is 11.6 Å². The van der Waals surface area contributed by atoms with Gasteiger partial charge in [0.2, 0.25) is 0 Å². The summed E-state index contributed by atoms with van der Waals surface area (Å²) in [4.78, 5) is 4.16. The third-order valence-electron chi connectivity index (χ3n) is 2.74. The van der Waals surface area contributed by atoms with Crippen molar-refractivity contribution in [3.8, 4) is 0 Å². The summed E-state index contributed by atoms with van der Waals surface area (Å²) in [5.74, 6) is -1.66. The van der Waals surface area contributed by atoms with Crippen LogP contribution in [0.25, 0.3) is 0 Å². The second kappa shape index (κ2) is 5.12. The van der Waals surface area contributed by atoms with Crippen LogP contribution in [0.2, 0.25) is 0 Å². The largest absolute Gasteiger partial charge is 0.377 e. The van der Waals surface area contributed by atoms with Gasteiger partial charge in [0.25, 0.3) is 0 Å². The molecule has 0 saturated heterocycles. The van der Waals surface area contributed by atoms with Crippen LogP contribution in [0.15, 0.2) is 36.5 Å². The molecule has 0 fully saturated rings. The average molecular weight is 248 g/mol. The molecule has 18 heavy (non-hydrogen) atoms. The first-order valence-corrected chi connectivity index (χ1v) is 5.70. The highest BCUT2D eigenvalue weighted by Gasteiger charge is 2.09. The molecule has 1 heterocycles. The number of nitrogens with one attached hydrogen (secondary N) is 1. The third kappa shape index (κ3) is 2.83. The van der Waals surface area contributed by atoms with E-state index in [9.17, 15) is 8.78 Å². The minimum Gasteiger partial charge on any atom is -0.377 e. The molecule has 0 bridgehead atoms. The molecule has 1 aromatic carbocycles. The fourth-order valence-corrected chi connectivity index (χ4v) is 1.67. The summed E-state index contributed by atoms with van der Waals surface area (Å²) in [5.41, 5.74) is 2.47. The number of benzene rings is 1. The number of hydrogen-bond acceptors (Lipinski definition) is 2. The van der Waals surface area contributed by atoms with E-state index in [-0.39, 0.29) is 6.04 Å². The van der Waals surface area contributed by atoms with Crippen molar-refractivity contribution in [3.05, 3.63) is 59.4 Å². The first-order chi connectivity index (χ1) is 8.56. The Kier molecular flexibility index (Phi) is 3.55. The molecule has 1 atom stereocenters. The average Bonchev–Trinajstić information content (AvgIpc) is 2.35. The summed E-state index contributed by atoms with van der Waals surface area (Å²) in [7, 11) is 0. The van der Waals surface area contributed by atoms with Gasteiger partial charge >= 0.3 is 0 Å². The van der Waals surface area contributed by atoms with Crippen molar-refractivity contribution in [1.82, 2.24) is 4.98 Å². The smallest absolute Gasteiger partial charge is 0.159 e. The van der Waals surface area contributed by atoms with E-state index in [0.29, 0.717) is 5.56 Å². The van der Waals surface area contributed by atoms with E-state index in [1.165, 1.54) is 6.07 Å². The Morgan fingerprint density at radius 3 is 2.50 bits per heavy atom. The normalized spacial score (nSPS) is 12.2. The number of pyridine rings is 1. The molecule has 0 aliphatic heterocycles. The monoisotopic (exact) mass is 248 g/mol. The minimum absolute atomic E-state index is 0.121. The number of nitrogens with zero attached hydrogens (tertiary/aromatic N) is 1. The Morgan fingerprint density at radius 1 is 1.11 bits per heavy atom. The highest BCUT2D eigenvalue weighted by atomic mass is 19.2. The van der Waals surface area contributed by atoms with Crippen LogP contribution in [-0.4, -0.2) is 4.98 Å². The summed E-state index contributed by atoms with van der Waals surface area (Å²) in [6.45, 7) is 3.79. The van der Waals surface area contributed by atoms with E-state index in [1.54, 1.807) is 12.3 Å². The van der Waals surface area contributed by atoms with Crippen molar-refractivity contribution in [2.75, 3.05) is 5.32 Å². The first-order valence-electron chi connectivity index (χ1n) is 5.70. The maximum absolute atomic E-state index is 13.1. The fourth-order valence-electron chi connectivity index (χ4n) is 1.67. The Bertz CT molecular complexity index is 538. The zero-order chi connectivity index (χ0) is 13.1. The van der Waals surface area contributed by atoms with Gasteiger partial charge in [-0.3, -0.25) is 4.98 Å². The minimum atomic E-state index is -0.831. The molecule has 0 amide bonds. The number of halogens is 2. The van der Waals surface area contributed by atoms with Gasteiger partial charge in [-0.25, -0.2) is 8.78 Å². The van der Waals surface area contributed by atoms with E-state index in [4.69, 9.17) is 0 Å². The summed E-state index contributed by atoms with van der Waals surface area (Å²) < 4.78 is 25.9. The lowest BCUT2D eigenvalue weighted by atomic mass is 10.1. The predicted octanol–water partition coefficient (Wildman–Crippen LogP) is 3.84. The molecule has 0 saturated carbocycles. The van der Waals surface area contributed by atoms with Gasteiger partial charge < -0.3 is 5.32 Å². The molecule has 1 N–H and O–H groups in total. The molecule has 0 spiro atoms. The lowest BCUT2D eigenvalue weighted by molar-refractivity contribution is 0.506. The predicted molar refractivity (Wildman–Crippen MR) is 67.4 cm³/mol. The lowest BCUT2D eigenvalue weighted by Crippen LogP contribution is -2.07. The van der Waals surface area contributed by atoms with E-state index in [1.807, 2.05) is 26.0 Å². The van der Waals surface area contributed by atoms with Crippen LogP contribution in [0.4, 0.5) is 14.5 Å². The highest BCUT2D eigenvalue weighted by molar-refractivity contribution is 5.43. The standard InChI is InChI=1S/C14H14F2N2/c1-9-3-5-12(8-17-9)18-10(2)11-4-6-13(15)14(16)7-11/h3-8,10,18H,1-2H3. The molecule has 1 unspecified atom stereocenters. The van der Waals surface area contributed by atoms with Crippen molar-refractivity contribution in [2.45, 2.75) is 19.9 Å². The summed E-state index contributed by atoms with van der Waals surface area (Å²) >= 11 is 0. The van der Waals surface area contributed by atoms with Gasteiger partial charge in [0.1, 0.15) is 0 Å². The van der Waals surface area contributed by atoms with Crippen molar-refractivity contribution in [1.29, 1.82) is 0 Å². The van der Waals surface area contributed by atoms with Crippen molar-refractivity contribution in [2.24, 2.45) is 0 Å². The highest BCUT2D eigenvalue weighted by Crippen LogP contribution is 2.20. The van der Waals surface area contributed by atoms with Gasteiger partial charge in [-0.15, -0.1) is 0 Å². The van der Waals surface area contributed by atoms with Crippen LogP contribution >= 0.6 is 0 Å². The van der Waals surface area contributed by atoms with Crippen LogP contribution in [0.3, 0.4) is 0 Å². The Morgan fingerprint density at radius 2 is 1.89 bits per heavy atom. The number of hydrogen-bond donors (Lipinski definition) is 1. The maximum Gasteiger partial charge on any atom is 0.159 e. The van der Waals surface area contributed by atoms with Crippen molar-refractivity contribution >= 4 is 5.69 Å². The van der Waals surface area contributed by atoms with Gasteiger partial charge in [-0.1, -0.05) is 6.07 Å². The second-order valence-corrected chi connectivity index (χ2v) is 4.23. The van der Waals surface area contributed by atoms with Gasteiger partial charge in [-0.2, -0.15) is 0 Å². The summed E-state index contributed by atoms with van der Waals surface area (Å²) in [6.07, 6.45) is 1.71. The number of aryl methyl sites for hydroxylation is 1. The van der Waals surface area contributed by atoms with E-state index in [2.05, 4.69) is 10.3 Å². The zero-order valence-corrected chi connectivity index (χ0v) is 10.2. The Balaban J connectivity index is 2.13. The molecule has 2 nitrogen and oxygen atoms in total. The fraction of sp³-hybridized carbons (Fsp3) is 0.214. The molecule has 94 valence electrons. The molecule has 2 rings (SSSR count). The van der Waals surface area contributed by atoms with Crippen LogP contribution in [0.5, 0.6) is 0 Å². The van der Waals surface area contributed by atoms with Crippen LogP contribution in [0, 0.1) is 18.6 Å². The summed E-state index contributed by atoms with van der Waals surface area (Å²) in [5, 5.41) is 3.18. The maximum atomic E-state index is 13.1. The molecule has 4 heteroatoms. The molecular weight excluding hydrogens is 234 g/mol. The number of anilines is 1. The Labute approximate surface area is 105 Å². The number of rotatable bonds is 3. The molecular formula is C14H14F2N2. The van der Waals surface area contributed by atoms with E-state index in [0.717, 1.165) is 17.4 Å². The molecule has 0 radical (unpaired) electrons. The summed E-state index contributed by atoms with van der Waals surface area (Å²) in [6, 6.07) is 7.58. The topological polar surface area (TPSA) is 24.9 Å². The molecule has 1 aromatic heterocycles. The first kappa shape index (κ1) is 12.5. The van der Waals surface area contributed by atoms with Crippen molar-refractivity contribution in [3.63, 3.8) is 0 Å². The quantitative estimate of drug-likeness (QED) is 0.892. The second-order valence-electron chi connectivity index (χ2n) is 4.23. The van der Waals surface area contributed by atoms with Crippen LogP contribution < -0.4 is 5.32 Å². The molecule has 2 aromatic rings. The SMILES string of the molecule is Cc1ccc(NC(C)c2ccc(F)c(F)c2)cn1. The van der Waals surface area contributed by atoms with Gasteiger partial charge in [0.05, 0.1) is 11.9 Å². The molecule has 0 aliphatic rings. The third-order valence-corrected chi connectivity index (χ3v) is 2.74. The van der Waals surface area contributed by atoms with Crippen molar-refractivity contribution < 1.29 is 8.78 Å². The van der Waals surface area contributed by atoms with Crippen LogP contribution in [-0.2, 0) is 0 Å². The van der Waals surface area contributed by atoms with Gasteiger partial charge in [0.15, 0.2) is 11.6 Å². The van der Waals surface area contributed by atoms with Crippen LogP contribution in [0.1, 0.15) is 24.2 Å². The van der Waals surface area contributed by atoms with Gasteiger partial charge in [0, 0.05) is 11.7 Å². The van der Waals surface area contributed by atoms with E-state index >= 15 is 0 Å². The lowest BCUT2D eigenvalue weighted by Gasteiger charge is -2.15.